The Morgan fingerprint density at radius 3 is 2.95 bits per heavy atom. The molecule has 20 heavy (non-hydrogen) atoms. The van der Waals surface area contributed by atoms with Crippen molar-refractivity contribution in [3.05, 3.63) is 29.6 Å². The van der Waals surface area contributed by atoms with Crippen LogP contribution in [0.3, 0.4) is 0 Å². The third-order valence-corrected chi connectivity index (χ3v) is 3.91. The van der Waals surface area contributed by atoms with E-state index in [1.807, 2.05) is 11.8 Å². The van der Waals surface area contributed by atoms with Crippen LogP contribution in [-0.4, -0.2) is 35.7 Å². The summed E-state index contributed by atoms with van der Waals surface area (Å²) in [7, 11) is 1.53. The summed E-state index contributed by atoms with van der Waals surface area (Å²) in [5.74, 6) is -0.458. The quantitative estimate of drug-likeness (QED) is 0.921. The topological polar surface area (TPSA) is 49.8 Å². The predicted molar refractivity (Wildman–Crippen MR) is 73.2 cm³/mol. The van der Waals surface area contributed by atoms with Crippen LogP contribution < -0.4 is 4.74 Å². The van der Waals surface area contributed by atoms with Gasteiger partial charge in [-0.3, -0.25) is 9.69 Å². The van der Waals surface area contributed by atoms with Gasteiger partial charge in [-0.2, -0.15) is 0 Å². The maximum absolute atomic E-state index is 13.4. The van der Waals surface area contributed by atoms with Crippen LogP contribution in [0.5, 0.6) is 5.75 Å². The standard InChI is InChI=1S/C15H20FNO3/c1-10-4-3-7-17(14(10)15(18)19)9-11-8-12(16)5-6-13(11)20-2/h5-6,8,10,14H,3-4,7,9H2,1-2H3,(H,18,19). The van der Waals surface area contributed by atoms with Crippen LogP contribution in [0.4, 0.5) is 4.39 Å². The van der Waals surface area contributed by atoms with E-state index in [2.05, 4.69) is 0 Å². The van der Waals surface area contributed by atoms with Crippen molar-refractivity contribution >= 4 is 5.97 Å². The van der Waals surface area contributed by atoms with E-state index in [4.69, 9.17) is 4.74 Å². The minimum atomic E-state index is -0.812. The number of halogens is 1. The van der Waals surface area contributed by atoms with Crippen molar-refractivity contribution in [1.82, 2.24) is 4.90 Å². The number of carbonyl (C=O) groups is 1. The molecule has 1 fully saturated rings. The summed E-state index contributed by atoms with van der Waals surface area (Å²) in [5.41, 5.74) is 0.688. The van der Waals surface area contributed by atoms with Crippen LogP contribution in [0.25, 0.3) is 0 Å². The summed E-state index contributed by atoms with van der Waals surface area (Å²) in [4.78, 5) is 13.3. The first-order valence-corrected chi connectivity index (χ1v) is 6.82. The lowest BCUT2D eigenvalue weighted by molar-refractivity contribution is -0.147. The van der Waals surface area contributed by atoms with Gasteiger partial charge in [-0.05, 0) is 43.5 Å². The van der Waals surface area contributed by atoms with E-state index in [0.717, 1.165) is 12.8 Å². The van der Waals surface area contributed by atoms with Crippen LogP contribution in [-0.2, 0) is 11.3 Å². The molecule has 0 amide bonds. The molecule has 0 spiro atoms. The monoisotopic (exact) mass is 281 g/mol. The maximum Gasteiger partial charge on any atom is 0.321 e. The lowest BCUT2D eigenvalue weighted by Gasteiger charge is -2.37. The summed E-state index contributed by atoms with van der Waals surface area (Å²) in [6.07, 6.45) is 1.87. The fraction of sp³-hybridized carbons (Fsp3) is 0.533. The molecule has 1 heterocycles. The number of piperidine rings is 1. The molecule has 1 aromatic rings. The maximum atomic E-state index is 13.4. The van der Waals surface area contributed by atoms with Crippen molar-refractivity contribution in [3.63, 3.8) is 0 Å². The fourth-order valence-corrected chi connectivity index (χ4v) is 2.94. The van der Waals surface area contributed by atoms with Crippen molar-refractivity contribution in [2.75, 3.05) is 13.7 Å². The van der Waals surface area contributed by atoms with Crippen molar-refractivity contribution < 1.29 is 19.0 Å². The highest BCUT2D eigenvalue weighted by molar-refractivity contribution is 5.74. The Kier molecular flexibility index (Phi) is 4.60. The number of methoxy groups -OCH3 is 1. The predicted octanol–water partition coefficient (Wildman–Crippen LogP) is 2.52. The molecule has 0 bridgehead atoms. The molecule has 1 aliphatic heterocycles. The Hall–Kier alpha value is -1.62. The van der Waals surface area contributed by atoms with Gasteiger partial charge in [0.25, 0.3) is 0 Å². The van der Waals surface area contributed by atoms with E-state index >= 15 is 0 Å². The lowest BCUT2D eigenvalue weighted by Crippen LogP contribution is -2.48. The number of benzene rings is 1. The van der Waals surface area contributed by atoms with Crippen molar-refractivity contribution in [2.45, 2.75) is 32.4 Å². The Morgan fingerprint density at radius 1 is 1.55 bits per heavy atom. The molecule has 0 radical (unpaired) electrons. The summed E-state index contributed by atoms with van der Waals surface area (Å²) in [5, 5.41) is 9.39. The molecular weight excluding hydrogens is 261 g/mol. The van der Waals surface area contributed by atoms with Gasteiger partial charge in [0.15, 0.2) is 0 Å². The van der Waals surface area contributed by atoms with Gasteiger partial charge in [0.2, 0.25) is 0 Å². The van der Waals surface area contributed by atoms with E-state index < -0.39 is 12.0 Å². The zero-order chi connectivity index (χ0) is 14.7. The molecule has 1 aromatic carbocycles. The molecule has 1 aliphatic rings. The second-order valence-corrected chi connectivity index (χ2v) is 5.33. The molecule has 2 rings (SSSR count). The van der Waals surface area contributed by atoms with Gasteiger partial charge in [0.05, 0.1) is 7.11 Å². The molecule has 1 saturated heterocycles. The molecule has 1 N–H and O–H groups in total. The summed E-state index contributed by atoms with van der Waals surface area (Å²) in [6.45, 7) is 3.05. The second kappa shape index (κ2) is 6.22. The Labute approximate surface area is 118 Å². The van der Waals surface area contributed by atoms with E-state index in [0.29, 0.717) is 24.4 Å². The highest BCUT2D eigenvalue weighted by Gasteiger charge is 2.34. The van der Waals surface area contributed by atoms with Gasteiger partial charge in [-0.25, -0.2) is 4.39 Å². The number of hydrogen-bond acceptors (Lipinski definition) is 3. The average Bonchev–Trinajstić information content (AvgIpc) is 2.38. The van der Waals surface area contributed by atoms with Gasteiger partial charge in [-0.1, -0.05) is 6.92 Å². The summed E-state index contributed by atoms with van der Waals surface area (Å²) < 4.78 is 18.6. The number of carboxylic acid groups (broad SMARTS) is 1. The molecule has 110 valence electrons. The number of nitrogens with zero attached hydrogens (tertiary/aromatic N) is 1. The van der Waals surface area contributed by atoms with Crippen LogP contribution in [0.1, 0.15) is 25.3 Å². The number of carboxylic acids is 1. The third kappa shape index (κ3) is 3.10. The normalized spacial score (nSPS) is 23.6. The van der Waals surface area contributed by atoms with E-state index in [-0.39, 0.29) is 11.7 Å². The Bertz CT molecular complexity index is 492. The first kappa shape index (κ1) is 14.8. The Balaban J connectivity index is 2.23. The van der Waals surface area contributed by atoms with Gasteiger partial charge in [-0.15, -0.1) is 0 Å². The van der Waals surface area contributed by atoms with Crippen LogP contribution in [0.2, 0.25) is 0 Å². The molecule has 0 aliphatic carbocycles. The molecule has 2 unspecified atom stereocenters. The Morgan fingerprint density at radius 2 is 2.30 bits per heavy atom. The zero-order valence-corrected chi connectivity index (χ0v) is 11.8. The SMILES string of the molecule is COc1ccc(F)cc1CN1CCCC(C)C1C(=O)O. The highest BCUT2D eigenvalue weighted by Crippen LogP contribution is 2.28. The van der Waals surface area contributed by atoms with Crippen LogP contribution in [0.15, 0.2) is 18.2 Å². The number of aliphatic carboxylic acids is 1. The first-order valence-electron chi connectivity index (χ1n) is 6.82. The minimum Gasteiger partial charge on any atom is -0.496 e. The molecule has 5 heteroatoms. The molecule has 0 saturated carbocycles. The number of hydrogen-bond donors (Lipinski definition) is 1. The van der Waals surface area contributed by atoms with Crippen molar-refractivity contribution in [1.29, 1.82) is 0 Å². The number of ether oxygens (including phenoxy) is 1. The number of rotatable bonds is 4. The average molecular weight is 281 g/mol. The van der Waals surface area contributed by atoms with Crippen molar-refractivity contribution in [3.8, 4) is 5.75 Å². The smallest absolute Gasteiger partial charge is 0.321 e. The zero-order valence-electron chi connectivity index (χ0n) is 11.8. The second-order valence-electron chi connectivity index (χ2n) is 5.33. The highest BCUT2D eigenvalue weighted by atomic mass is 19.1. The first-order chi connectivity index (χ1) is 9.52. The van der Waals surface area contributed by atoms with Gasteiger partial charge in [0, 0.05) is 12.1 Å². The summed E-state index contributed by atoms with van der Waals surface area (Å²) >= 11 is 0. The lowest BCUT2D eigenvalue weighted by atomic mass is 9.90. The largest absolute Gasteiger partial charge is 0.496 e. The van der Waals surface area contributed by atoms with Crippen LogP contribution in [0, 0.1) is 11.7 Å². The van der Waals surface area contributed by atoms with E-state index in [1.54, 1.807) is 6.07 Å². The molecule has 2 atom stereocenters. The van der Waals surface area contributed by atoms with Crippen molar-refractivity contribution in [2.24, 2.45) is 5.92 Å². The fourth-order valence-electron chi connectivity index (χ4n) is 2.94. The molecule has 4 nitrogen and oxygen atoms in total. The van der Waals surface area contributed by atoms with Gasteiger partial charge in [0.1, 0.15) is 17.6 Å². The van der Waals surface area contributed by atoms with Crippen LogP contribution >= 0.6 is 0 Å². The number of likely N-dealkylation sites (tertiary alicyclic amines) is 1. The van der Waals surface area contributed by atoms with Gasteiger partial charge >= 0.3 is 5.97 Å². The van der Waals surface area contributed by atoms with Gasteiger partial charge < -0.3 is 9.84 Å². The minimum absolute atomic E-state index is 0.0980. The molecular formula is C15H20FNO3. The molecule has 0 aromatic heterocycles. The van der Waals surface area contributed by atoms with E-state index in [1.165, 1.54) is 19.2 Å². The van der Waals surface area contributed by atoms with E-state index in [9.17, 15) is 14.3 Å². The third-order valence-electron chi connectivity index (χ3n) is 3.91. The summed E-state index contributed by atoms with van der Waals surface area (Å²) in [6, 6.07) is 3.82.